The van der Waals surface area contributed by atoms with Gasteiger partial charge in [-0.2, -0.15) is 5.10 Å². The van der Waals surface area contributed by atoms with Gasteiger partial charge < -0.3 is 14.2 Å². The molecule has 6 heteroatoms. The van der Waals surface area contributed by atoms with Crippen LogP contribution in [0.4, 0.5) is 0 Å². The number of nitrogens with zero attached hydrogens (tertiary/aromatic N) is 2. The molecule has 1 aliphatic carbocycles. The fraction of sp³-hybridized carbons (Fsp3) is 0.333. The van der Waals surface area contributed by atoms with E-state index in [2.05, 4.69) is 5.10 Å². The van der Waals surface area contributed by atoms with Crippen molar-refractivity contribution in [2.24, 2.45) is 0 Å². The zero-order chi connectivity index (χ0) is 17.1. The Kier molecular flexibility index (Phi) is 4.55. The van der Waals surface area contributed by atoms with E-state index in [9.17, 15) is 4.79 Å². The molecule has 126 valence electrons. The predicted molar refractivity (Wildman–Crippen MR) is 88.0 cm³/mol. The van der Waals surface area contributed by atoms with Crippen LogP contribution in [0.15, 0.2) is 42.5 Å². The highest BCUT2D eigenvalue weighted by Gasteiger charge is 2.28. The third kappa shape index (κ3) is 3.42. The van der Waals surface area contributed by atoms with E-state index < -0.39 is 5.97 Å². The second-order valence-electron chi connectivity index (χ2n) is 5.71. The van der Waals surface area contributed by atoms with E-state index in [4.69, 9.17) is 14.2 Å². The maximum atomic E-state index is 11.8. The molecule has 0 saturated heterocycles. The molecular weight excluding hydrogens is 308 g/mol. The summed E-state index contributed by atoms with van der Waals surface area (Å²) in [5, 5.41) is 4.41. The first-order valence-corrected chi connectivity index (χ1v) is 7.78. The maximum absolute atomic E-state index is 11.8. The Balaban J connectivity index is 1.97. The molecule has 0 atom stereocenters. The number of rotatable bonds is 6. The number of ether oxygens (including phenoxy) is 3. The highest BCUT2D eigenvalue weighted by atomic mass is 16.6. The number of hydrogen-bond acceptors (Lipinski definition) is 5. The van der Waals surface area contributed by atoms with E-state index in [1.165, 1.54) is 20.5 Å². The summed E-state index contributed by atoms with van der Waals surface area (Å²) in [7, 11) is 2.76. The molecular formula is C18H20N2O4. The van der Waals surface area contributed by atoms with Crippen LogP contribution in [-0.4, -0.2) is 30.0 Å². The van der Waals surface area contributed by atoms with E-state index in [1.54, 1.807) is 4.68 Å². The van der Waals surface area contributed by atoms with Crippen LogP contribution in [0.2, 0.25) is 0 Å². The van der Waals surface area contributed by atoms with Crippen LogP contribution >= 0.6 is 0 Å². The average molecular weight is 328 g/mol. The summed E-state index contributed by atoms with van der Waals surface area (Å²) in [4.78, 5) is 11.8. The molecule has 1 aromatic carbocycles. The van der Waals surface area contributed by atoms with Crippen LogP contribution in [0, 0.1) is 6.92 Å². The van der Waals surface area contributed by atoms with Crippen LogP contribution in [0.25, 0.3) is 5.69 Å². The Labute approximate surface area is 140 Å². The van der Waals surface area contributed by atoms with Gasteiger partial charge in [0.25, 0.3) is 0 Å². The van der Waals surface area contributed by atoms with E-state index in [1.807, 2.05) is 37.4 Å². The molecule has 0 aliphatic heterocycles. The molecule has 1 fully saturated rings. The molecule has 1 aromatic heterocycles. The quantitative estimate of drug-likeness (QED) is 0.463. The fourth-order valence-corrected chi connectivity index (χ4v) is 2.48. The summed E-state index contributed by atoms with van der Waals surface area (Å²) < 4.78 is 17.3. The molecule has 2 aromatic rings. The molecule has 0 spiro atoms. The lowest BCUT2D eigenvalue weighted by Gasteiger charge is -2.14. The number of carbonyl (C=O) groups excluding carboxylic acids is 1. The van der Waals surface area contributed by atoms with Gasteiger partial charge in [0.2, 0.25) is 5.76 Å². The van der Waals surface area contributed by atoms with Gasteiger partial charge in [0.15, 0.2) is 0 Å². The Morgan fingerprint density at radius 3 is 2.67 bits per heavy atom. The van der Waals surface area contributed by atoms with Gasteiger partial charge in [-0.15, -0.1) is 0 Å². The summed E-state index contributed by atoms with van der Waals surface area (Å²) in [5.74, 6) is 0.515. The van der Waals surface area contributed by atoms with Crippen LogP contribution in [0.1, 0.15) is 30.0 Å². The van der Waals surface area contributed by atoms with Crippen molar-refractivity contribution in [2.45, 2.75) is 25.7 Å². The lowest BCUT2D eigenvalue weighted by molar-refractivity contribution is -0.138. The van der Waals surface area contributed by atoms with Crippen LogP contribution < -0.4 is 4.74 Å². The lowest BCUT2D eigenvalue weighted by atomic mass is 10.1. The first kappa shape index (κ1) is 16.1. The summed E-state index contributed by atoms with van der Waals surface area (Å²) in [6, 6.07) is 7.85. The van der Waals surface area contributed by atoms with Crippen molar-refractivity contribution in [2.75, 3.05) is 14.2 Å². The standard InChI is InChI=1S/C18H20N2O4/c1-12-8-9-20(19-12)14-6-7-15(13-4-5-13)16(10-14)24-17(11-22-2)18(21)23-3/h6-11,13H,4-5H2,1-3H3/b17-11-. The third-order valence-electron chi connectivity index (χ3n) is 3.83. The van der Waals surface area contributed by atoms with Gasteiger partial charge in [0.05, 0.1) is 25.6 Å². The predicted octanol–water partition coefficient (Wildman–Crippen LogP) is 3.10. The van der Waals surface area contributed by atoms with Gasteiger partial charge in [-0.25, -0.2) is 9.48 Å². The Hall–Kier alpha value is -2.76. The number of carbonyl (C=O) groups is 1. The number of esters is 1. The maximum Gasteiger partial charge on any atom is 0.377 e. The SMILES string of the molecule is CO/C=C(\Oc1cc(-n2ccc(C)n2)ccc1C1CC1)C(=O)OC. The van der Waals surface area contributed by atoms with E-state index >= 15 is 0 Å². The molecule has 1 saturated carbocycles. The van der Waals surface area contributed by atoms with Gasteiger partial charge >= 0.3 is 5.97 Å². The Bertz CT molecular complexity index is 775. The molecule has 6 nitrogen and oxygen atoms in total. The number of benzene rings is 1. The van der Waals surface area contributed by atoms with E-state index in [-0.39, 0.29) is 5.76 Å². The third-order valence-corrected chi connectivity index (χ3v) is 3.83. The summed E-state index contributed by atoms with van der Waals surface area (Å²) >= 11 is 0. The molecule has 0 amide bonds. The van der Waals surface area contributed by atoms with Gasteiger partial charge in [0.1, 0.15) is 12.0 Å². The van der Waals surface area contributed by atoms with Gasteiger partial charge in [-0.3, -0.25) is 0 Å². The highest BCUT2D eigenvalue weighted by molar-refractivity contribution is 5.86. The minimum Gasteiger partial charge on any atom is -0.500 e. The number of aryl methyl sites for hydroxylation is 1. The Morgan fingerprint density at radius 2 is 2.08 bits per heavy atom. The van der Waals surface area contributed by atoms with Crippen molar-refractivity contribution in [3.8, 4) is 11.4 Å². The van der Waals surface area contributed by atoms with Crippen LogP contribution in [0.3, 0.4) is 0 Å². The number of aromatic nitrogens is 2. The first-order valence-electron chi connectivity index (χ1n) is 7.78. The van der Waals surface area contributed by atoms with Crippen molar-refractivity contribution in [1.29, 1.82) is 0 Å². The zero-order valence-electron chi connectivity index (χ0n) is 14.0. The van der Waals surface area contributed by atoms with Crippen LogP contribution in [-0.2, 0) is 14.3 Å². The van der Waals surface area contributed by atoms with Crippen molar-refractivity contribution >= 4 is 5.97 Å². The van der Waals surface area contributed by atoms with Crippen molar-refractivity contribution in [3.63, 3.8) is 0 Å². The lowest BCUT2D eigenvalue weighted by Crippen LogP contribution is -2.12. The van der Waals surface area contributed by atoms with Gasteiger partial charge in [-0.05, 0) is 43.4 Å². The van der Waals surface area contributed by atoms with Gasteiger partial charge in [0, 0.05) is 12.3 Å². The first-order chi connectivity index (χ1) is 11.6. The average Bonchev–Trinajstić information content (AvgIpc) is 3.34. The van der Waals surface area contributed by atoms with Crippen molar-refractivity contribution in [3.05, 3.63) is 53.7 Å². The van der Waals surface area contributed by atoms with Crippen molar-refractivity contribution in [1.82, 2.24) is 9.78 Å². The smallest absolute Gasteiger partial charge is 0.377 e. The fourth-order valence-electron chi connectivity index (χ4n) is 2.48. The van der Waals surface area contributed by atoms with Crippen LogP contribution in [0.5, 0.6) is 5.75 Å². The molecule has 3 rings (SSSR count). The van der Waals surface area contributed by atoms with Crippen molar-refractivity contribution < 1.29 is 19.0 Å². The molecule has 1 heterocycles. The summed E-state index contributed by atoms with van der Waals surface area (Å²) in [5.41, 5.74) is 2.87. The van der Waals surface area contributed by atoms with E-state index in [0.717, 1.165) is 29.8 Å². The topological polar surface area (TPSA) is 62.6 Å². The minimum atomic E-state index is -0.584. The monoisotopic (exact) mass is 328 g/mol. The molecule has 24 heavy (non-hydrogen) atoms. The number of hydrogen-bond donors (Lipinski definition) is 0. The molecule has 0 radical (unpaired) electrons. The largest absolute Gasteiger partial charge is 0.500 e. The molecule has 0 unspecified atom stereocenters. The highest BCUT2D eigenvalue weighted by Crippen LogP contribution is 2.45. The normalized spacial score (nSPS) is 14.4. The summed E-state index contributed by atoms with van der Waals surface area (Å²) in [6.45, 7) is 1.93. The second kappa shape index (κ2) is 6.78. The zero-order valence-corrected chi connectivity index (χ0v) is 14.0. The number of methoxy groups -OCH3 is 2. The minimum absolute atomic E-state index is 0.00990. The summed E-state index contributed by atoms with van der Waals surface area (Å²) in [6.07, 6.45) is 5.38. The molecule has 0 bridgehead atoms. The Morgan fingerprint density at radius 1 is 1.29 bits per heavy atom. The molecule has 1 aliphatic rings. The van der Waals surface area contributed by atoms with Gasteiger partial charge in [-0.1, -0.05) is 6.07 Å². The molecule has 0 N–H and O–H groups in total. The second-order valence-corrected chi connectivity index (χ2v) is 5.71. The van der Waals surface area contributed by atoms with E-state index in [0.29, 0.717) is 11.7 Å².